The topological polar surface area (TPSA) is 85.8 Å². The summed E-state index contributed by atoms with van der Waals surface area (Å²) in [6, 6.07) is 27.4. The summed E-state index contributed by atoms with van der Waals surface area (Å²) in [4.78, 5) is 32.8. The van der Waals surface area contributed by atoms with Gasteiger partial charge in [-0.3, -0.25) is 14.2 Å². The lowest BCUT2D eigenvalue weighted by Gasteiger charge is -2.25. The van der Waals surface area contributed by atoms with Gasteiger partial charge in [-0.1, -0.05) is 69.7 Å². The van der Waals surface area contributed by atoms with Crippen molar-refractivity contribution < 1.29 is 13.9 Å². The molecule has 0 saturated carbocycles. The molecule has 0 bridgehead atoms. The van der Waals surface area contributed by atoms with Crippen LogP contribution in [0.3, 0.4) is 0 Å². The van der Waals surface area contributed by atoms with E-state index >= 15 is 0 Å². The highest BCUT2D eigenvalue weighted by molar-refractivity contribution is 9.10. The minimum Gasteiger partial charge on any atom is -0.497 e. The minimum absolute atomic E-state index is 0.256. The molecular formula is C32H24BrN3O4S. The molecule has 41 heavy (non-hydrogen) atoms. The number of amides is 1. The van der Waals surface area contributed by atoms with Gasteiger partial charge in [-0.05, 0) is 61.0 Å². The lowest BCUT2D eigenvalue weighted by atomic mass is 9.95. The monoisotopic (exact) mass is 625 g/mol. The van der Waals surface area contributed by atoms with Gasteiger partial charge in [-0.2, -0.15) is 0 Å². The van der Waals surface area contributed by atoms with E-state index in [1.807, 2.05) is 91.0 Å². The van der Waals surface area contributed by atoms with Gasteiger partial charge in [-0.15, -0.1) is 0 Å². The van der Waals surface area contributed by atoms with E-state index in [0.29, 0.717) is 43.6 Å². The molecule has 1 N–H and O–H groups in total. The molecule has 5 aromatic rings. The first-order valence-electron chi connectivity index (χ1n) is 12.8. The average molecular weight is 627 g/mol. The van der Waals surface area contributed by atoms with Crippen molar-refractivity contribution >= 4 is 44.9 Å². The first-order valence-corrected chi connectivity index (χ1v) is 14.4. The molecule has 1 aliphatic heterocycles. The van der Waals surface area contributed by atoms with E-state index < -0.39 is 6.04 Å². The lowest BCUT2D eigenvalue weighted by molar-refractivity contribution is -0.113. The van der Waals surface area contributed by atoms with E-state index in [0.717, 1.165) is 15.6 Å². The predicted molar refractivity (Wildman–Crippen MR) is 164 cm³/mol. The maximum absolute atomic E-state index is 13.9. The summed E-state index contributed by atoms with van der Waals surface area (Å²) < 4.78 is 14.4. The summed E-state index contributed by atoms with van der Waals surface area (Å²) in [5.74, 6) is 1.60. The molecule has 0 fully saturated rings. The molecule has 1 unspecified atom stereocenters. The van der Waals surface area contributed by atoms with Gasteiger partial charge in [0.05, 0.1) is 29.0 Å². The summed E-state index contributed by atoms with van der Waals surface area (Å²) >= 11 is 4.71. The molecule has 0 aliphatic carbocycles. The summed E-state index contributed by atoms with van der Waals surface area (Å²) in [5.41, 5.74) is 3.04. The van der Waals surface area contributed by atoms with Crippen LogP contribution in [0.15, 0.2) is 121 Å². The SMILES string of the molecule is COc1ccc(C2C(C(=O)Nc3ccccc3)=C(C)N=c3sc(=Cc4ccc(-c5ccc(Br)cc5)o4)c(=O)n32)cc1. The molecule has 0 radical (unpaired) electrons. The smallest absolute Gasteiger partial charge is 0.271 e. The van der Waals surface area contributed by atoms with Crippen LogP contribution < -0.4 is 24.9 Å². The normalized spacial score (nSPS) is 14.9. The number of furan rings is 1. The maximum atomic E-state index is 13.9. The van der Waals surface area contributed by atoms with Gasteiger partial charge >= 0.3 is 0 Å². The zero-order valence-electron chi connectivity index (χ0n) is 22.1. The lowest BCUT2D eigenvalue weighted by Crippen LogP contribution is -2.40. The van der Waals surface area contributed by atoms with E-state index in [4.69, 9.17) is 14.1 Å². The van der Waals surface area contributed by atoms with Gasteiger partial charge in [0.25, 0.3) is 11.5 Å². The van der Waals surface area contributed by atoms with Gasteiger partial charge in [0.1, 0.15) is 17.3 Å². The Labute approximate surface area is 247 Å². The number of anilines is 1. The van der Waals surface area contributed by atoms with E-state index in [1.54, 1.807) is 24.7 Å². The number of rotatable bonds is 6. The van der Waals surface area contributed by atoms with Gasteiger partial charge in [0.15, 0.2) is 4.80 Å². The number of benzene rings is 3. The Kier molecular flexibility index (Phi) is 7.30. The number of para-hydroxylation sites is 1. The predicted octanol–water partition coefficient (Wildman–Crippen LogP) is 5.91. The molecule has 3 heterocycles. The first kappa shape index (κ1) is 26.7. The van der Waals surface area contributed by atoms with Crippen molar-refractivity contribution in [2.24, 2.45) is 4.99 Å². The average Bonchev–Trinajstić information content (AvgIpc) is 3.57. The van der Waals surface area contributed by atoms with Gasteiger partial charge in [-0.25, -0.2) is 4.99 Å². The van der Waals surface area contributed by atoms with Crippen LogP contribution in [0.4, 0.5) is 5.69 Å². The fraction of sp³-hybridized carbons (Fsp3) is 0.0938. The number of allylic oxidation sites excluding steroid dienone is 1. The van der Waals surface area contributed by atoms with Crippen LogP contribution in [0.1, 0.15) is 24.3 Å². The van der Waals surface area contributed by atoms with Crippen molar-refractivity contribution in [1.29, 1.82) is 0 Å². The summed E-state index contributed by atoms with van der Waals surface area (Å²) in [6.07, 6.45) is 1.72. The quantitative estimate of drug-likeness (QED) is 0.254. The highest BCUT2D eigenvalue weighted by Crippen LogP contribution is 2.32. The van der Waals surface area contributed by atoms with Crippen LogP contribution in [0.5, 0.6) is 5.75 Å². The van der Waals surface area contributed by atoms with Crippen molar-refractivity contribution in [3.8, 4) is 17.1 Å². The Balaban J connectivity index is 1.45. The standard InChI is InChI=1S/C32H24BrN3O4S/c1-19-28(30(37)35-23-6-4-3-5-7-23)29(21-10-14-24(39-2)15-11-21)36-31(38)27(41-32(36)34-19)18-25-16-17-26(40-25)20-8-12-22(33)13-9-20/h3-18,29H,1-2H3,(H,35,37). The molecule has 3 aromatic carbocycles. The van der Waals surface area contributed by atoms with Crippen molar-refractivity contribution in [3.05, 3.63) is 138 Å². The zero-order valence-corrected chi connectivity index (χ0v) is 24.5. The molecule has 1 atom stereocenters. The number of carbonyl (C=O) groups is 1. The highest BCUT2D eigenvalue weighted by atomic mass is 79.9. The largest absolute Gasteiger partial charge is 0.497 e. The molecule has 9 heteroatoms. The zero-order chi connectivity index (χ0) is 28.5. The third-order valence-electron chi connectivity index (χ3n) is 6.76. The number of fused-ring (bicyclic) bond motifs is 1. The molecule has 1 aliphatic rings. The molecular weight excluding hydrogens is 602 g/mol. The van der Waals surface area contributed by atoms with Gasteiger partial charge < -0.3 is 14.5 Å². The van der Waals surface area contributed by atoms with E-state index in [1.165, 1.54) is 11.3 Å². The summed E-state index contributed by atoms with van der Waals surface area (Å²) in [7, 11) is 1.59. The molecule has 1 amide bonds. The molecule has 6 rings (SSSR count). The number of thiazole rings is 1. The van der Waals surface area contributed by atoms with Crippen LogP contribution in [0.2, 0.25) is 0 Å². The van der Waals surface area contributed by atoms with E-state index in [2.05, 4.69) is 21.2 Å². The van der Waals surface area contributed by atoms with E-state index in [-0.39, 0.29) is 11.5 Å². The summed E-state index contributed by atoms with van der Waals surface area (Å²) in [6.45, 7) is 1.80. The third-order valence-corrected chi connectivity index (χ3v) is 8.27. The van der Waals surface area contributed by atoms with Crippen LogP contribution >= 0.6 is 27.3 Å². The number of nitrogens with one attached hydrogen (secondary N) is 1. The van der Waals surface area contributed by atoms with Crippen molar-refractivity contribution in [2.45, 2.75) is 13.0 Å². The number of aromatic nitrogens is 1. The number of hydrogen-bond donors (Lipinski definition) is 1. The Morgan fingerprint density at radius 3 is 2.46 bits per heavy atom. The van der Waals surface area contributed by atoms with Crippen molar-refractivity contribution in [3.63, 3.8) is 0 Å². The molecule has 204 valence electrons. The molecule has 7 nitrogen and oxygen atoms in total. The first-order chi connectivity index (χ1) is 19.9. The van der Waals surface area contributed by atoms with Gasteiger partial charge in [0, 0.05) is 21.8 Å². The number of methoxy groups -OCH3 is 1. The second-order valence-corrected chi connectivity index (χ2v) is 11.3. The Hall–Kier alpha value is -4.47. The van der Waals surface area contributed by atoms with E-state index in [9.17, 15) is 9.59 Å². The Morgan fingerprint density at radius 2 is 1.76 bits per heavy atom. The van der Waals surface area contributed by atoms with Crippen molar-refractivity contribution in [2.75, 3.05) is 12.4 Å². The number of halogens is 1. The fourth-order valence-electron chi connectivity index (χ4n) is 4.76. The van der Waals surface area contributed by atoms with Gasteiger partial charge in [0.2, 0.25) is 0 Å². The second-order valence-electron chi connectivity index (χ2n) is 9.38. The van der Waals surface area contributed by atoms with Crippen LogP contribution in [-0.2, 0) is 4.79 Å². The van der Waals surface area contributed by atoms with Crippen LogP contribution in [-0.4, -0.2) is 17.6 Å². The van der Waals surface area contributed by atoms with Crippen molar-refractivity contribution in [1.82, 2.24) is 4.57 Å². The highest BCUT2D eigenvalue weighted by Gasteiger charge is 2.32. The fourth-order valence-corrected chi connectivity index (χ4v) is 6.05. The molecule has 0 saturated heterocycles. The molecule has 0 spiro atoms. The summed E-state index contributed by atoms with van der Waals surface area (Å²) in [5, 5.41) is 2.96. The number of hydrogen-bond acceptors (Lipinski definition) is 6. The van der Waals surface area contributed by atoms with Crippen LogP contribution in [0, 0.1) is 0 Å². The minimum atomic E-state index is -0.682. The number of ether oxygens (including phenoxy) is 1. The number of carbonyl (C=O) groups excluding carboxylic acids is 1. The number of nitrogens with zero attached hydrogens (tertiary/aromatic N) is 2. The Morgan fingerprint density at radius 1 is 1.02 bits per heavy atom. The second kappa shape index (κ2) is 11.2. The third kappa shape index (κ3) is 5.33. The Bertz CT molecular complexity index is 1950. The maximum Gasteiger partial charge on any atom is 0.271 e. The van der Waals surface area contributed by atoms with Crippen LogP contribution in [0.25, 0.3) is 17.4 Å². The molecule has 2 aromatic heterocycles.